The van der Waals surface area contributed by atoms with Crippen LogP contribution in [-0.2, 0) is 15.0 Å². The van der Waals surface area contributed by atoms with Gasteiger partial charge in [0, 0.05) is 59.9 Å². The highest BCUT2D eigenvalue weighted by Gasteiger charge is 2.78. The fraction of sp³-hybridized carbons (Fsp3) is 0.419. The summed E-state index contributed by atoms with van der Waals surface area (Å²) in [5.41, 5.74) is 7.73. The first kappa shape index (κ1) is 21.9. The number of likely N-dealkylation sites (tertiary alicyclic amines) is 1. The van der Waals surface area contributed by atoms with E-state index in [4.69, 9.17) is 0 Å². The highest BCUT2D eigenvalue weighted by Crippen LogP contribution is 2.76. The Balaban J connectivity index is 0.970. The van der Waals surface area contributed by atoms with Crippen molar-refractivity contribution < 1.29 is 19.2 Å². The summed E-state index contributed by atoms with van der Waals surface area (Å²) in [7, 11) is 0. The Morgan fingerprint density at radius 1 is 0.872 bits per heavy atom. The Hall–Kier alpha value is -3.94. The van der Waals surface area contributed by atoms with Crippen molar-refractivity contribution in [3.63, 3.8) is 0 Å². The van der Waals surface area contributed by atoms with Gasteiger partial charge in [-0.3, -0.25) is 19.2 Å². The highest BCUT2D eigenvalue weighted by atomic mass is 16.2. The number of aryl methyl sites for hydroxylation is 2. The number of rotatable bonds is 2. The third kappa shape index (κ3) is 2.24. The maximum atomic E-state index is 14.0. The molecule has 4 heterocycles. The van der Waals surface area contributed by atoms with Gasteiger partial charge in [-0.2, -0.15) is 0 Å². The van der Waals surface area contributed by atoms with Gasteiger partial charge < -0.3 is 19.8 Å². The predicted molar refractivity (Wildman–Crippen MR) is 140 cm³/mol. The van der Waals surface area contributed by atoms with Crippen LogP contribution in [0.15, 0.2) is 41.5 Å². The summed E-state index contributed by atoms with van der Waals surface area (Å²) in [6.07, 6.45) is 9.63. The smallest absolute Gasteiger partial charge is 0.233 e. The molecule has 8 nitrogen and oxygen atoms in total. The van der Waals surface area contributed by atoms with E-state index >= 15 is 0 Å². The minimum absolute atomic E-state index is 0.0302. The number of fused-ring (bicyclic) bond motifs is 4. The lowest BCUT2D eigenvalue weighted by Crippen LogP contribution is -2.72. The fourth-order valence-electron chi connectivity index (χ4n) is 9.22. The third-order valence-electron chi connectivity index (χ3n) is 10.9. The van der Waals surface area contributed by atoms with E-state index in [2.05, 4.69) is 9.97 Å². The van der Waals surface area contributed by atoms with Gasteiger partial charge in [0.1, 0.15) is 0 Å². The second-order valence-corrected chi connectivity index (χ2v) is 13.2. The predicted octanol–water partition coefficient (Wildman–Crippen LogP) is 3.71. The first-order chi connectivity index (χ1) is 18.6. The van der Waals surface area contributed by atoms with Gasteiger partial charge in [0.05, 0.1) is 27.9 Å². The van der Waals surface area contributed by atoms with Gasteiger partial charge in [-0.15, -0.1) is 0 Å². The molecule has 0 radical (unpaired) electrons. The van der Waals surface area contributed by atoms with Crippen LogP contribution in [0, 0.1) is 30.6 Å². The van der Waals surface area contributed by atoms with Crippen molar-refractivity contribution in [1.29, 1.82) is 0 Å². The summed E-state index contributed by atoms with van der Waals surface area (Å²) < 4.78 is 0. The number of allylic oxidation sites excluding steroid dienone is 4. The molecule has 0 aromatic carbocycles. The molecule has 2 bridgehead atoms. The van der Waals surface area contributed by atoms with Crippen molar-refractivity contribution in [3.8, 4) is 0 Å². The molecule has 10 rings (SSSR count). The lowest BCUT2D eigenvalue weighted by atomic mass is 9.34. The summed E-state index contributed by atoms with van der Waals surface area (Å²) in [6, 6.07) is 0. The zero-order valence-corrected chi connectivity index (χ0v) is 22.2. The summed E-state index contributed by atoms with van der Waals surface area (Å²) in [5, 5.41) is 0. The number of piperidine rings is 1. The number of carbonyl (C=O) groups is 4. The number of hydrogen-bond donors (Lipinski definition) is 2. The van der Waals surface area contributed by atoms with Gasteiger partial charge in [0.2, 0.25) is 23.4 Å². The van der Waals surface area contributed by atoms with Crippen LogP contribution in [0.5, 0.6) is 0 Å². The van der Waals surface area contributed by atoms with Gasteiger partial charge in [0.15, 0.2) is 0 Å². The Labute approximate surface area is 224 Å². The average Bonchev–Trinajstić information content (AvgIpc) is 3.20. The fourth-order valence-corrected chi connectivity index (χ4v) is 9.22. The number of amides is 2. The van der Waals surface area contributed by atoms with Gasteiger partial charge in [0.25, 0.3) is 0 Å². The average molecular weight is 521 g/mol. The van der Waals surface area contributed by atoms with E-state index in [0.29, 0.717) is 55.4 Å². The molecule has 39 heavy (non-hydrogen) atoms. The maximum absolute atomic E-state index is 14.0. The number of hydrogen-bond acceptors (Lipinski definition) is 4. The number of aromatic amines is 2. The number of nitrogens with zero attached hydrogens (tertiary/aromatic N) is 2. The maximum Gasteiger partial charge on any atom is 0.233 e. The number of carbonyl (C=O) groups excluding carboxylic acids is 4. The van der Waals surface area contributed by atoms with Crippen molar-refractivity contribution in [3.05, 3.63) is 75.2 Å². The van der Waals surface area contributed by atoms with Crippen LogP contribution in [0.4, 0.5) is 0 Å². The van der Waals surface area contributed by atoms with Crippen LogP contribution in [0.25, 0.3) is 5.57 Å². The number of nitrogens with one attached hydrogen (secondary N) is 2. The molecule has 8 aliphatic rings. The van der Waals surface area contributed by atoms with E-state index in [9.17, 15) is 19.2 Å². The Bertz CT molecular complexity index is 1720. The molecule has 2 aromatic rings. The topological polar surface area (TPSA) is 106 Å². The standard InChI is InChI=1S/C31H28N4O4/c1-14-7-32-25-19(36)4-18-22(23(14)25)16(3)9-34(18)27(38)29-11-30(12-29,13-29)28(39)35-10-17-6-31(17)21(35)5-20(37)26-24(31)15(2)8-33-26/h4-5,7-8,17,32-33H,6,9-13H2,1-3H3. The summed E-state index contributed by atoms with van der Waals surface area (Å²) in [6.45, 7) is 7.17. The number of aromatic nitrogens is 2. The molecule has 2 unspecified atom stereocenters. The lowest BCUT2D eigenvalue weighted by Gasteiger charge is -2.69. The molecule has 2 aromatic heterocycles. The molecule has 2 atom stereocenters. The van der Waals surface area contributed by atoms with Crippen LogP contribution >= 0.6 is 0 Å². The molecule has 2 N–H and O–H groups in total. The molecule has 8 heteroatoms. The SMILES string of the molecule is CC1=C2C(=CC(=O)c3[nH]cc(C)c32)N(C(=O)C23CC(C(=O)N4CC5CC56C4=CC(=O)c4[nH]cc(C)c46)(C2)C3)C1. The van der Waals surface area contributed by atoms with Crippen LogP contribution in [0.2, 0.25) is 0 Å². The molecule has 2 aliphatic heterocycles. The third-order valence-corrected chi connectivity index (χ3v) is 10.9. The van der Waals surface area contributed by atoms with E-state index in [-0.39, 0.29) is 28.8 Å². The van der Waals surface area contributed by atoms with Gasteiger partial charge in [-0.25, -0.2) is 0 Å². The van der Waals surface area contributed by atoms with E-state index in [0.717, 1.165) is 45.5 Å². The van der Waals surface area contributed by atoms with Crippen LogP contribution in [-0.4, -0.2) is 56.2 Å². The molecule has 4 saturated carbocycles. The quantitative estimate of drug-likeness (QED) is 0.630. The minimum atomic E-state index is -0.537. The summed E-state index contributed by atoms with van der Waals surface area (Å²) in [5.74, 6) is 0.299. The molecule has 1 spiro atoms. The minimum Gasteiger partial charge on any atom is -0.358 e. The Morgan fingerprint density at radius 3 is 2.26 bits per heavy atom. The molecule has 6 aliphatic carbocycles. The van der Waals surface area contributed by atoms with Crippen molar-refractivity contribution in [1.82, 2.24) is 19.8 Å². The highest BCUT2D eigenvalue weighted by molar-refractivity contribution is 6.15. The van der Waals surface area contributed by atoms with Crippen molar-refractivity contribution >= 4 is 29.0 Å². The van der Waals surface area contributed by atoms with Crippen LogP contribution < -0.4 is 0 Å². The number of H-pyrrole nitrogens is 2. The molecule has 5 fully saturated rings. The van der Waals surface area contributed by atoms with E-state index in [1.54, 1.807) is 17.1 Å². The first-order valence-corrected chi connectivity index (χ1v) is 13.8. The molecule has 2 amide bonds. The Kier molecular flexibility index (Phi) is 3.53. The summed E-state index contributed by atoms with van der Waals surface area (Å²) >= 11 is 0. The van der Waals surface area contributed by atoms with E-state index in [1.165, 1.54) is 0 Å². The first-order valence-electron chi connectivity index (χ1n) is 13.8. The van der Waals surface area contributed by atoms with Crippen molar-refractivity contribution in [2.45, 2.75) is 51.9 Å². The van der Waals surface area contributed by atoms with E-state index < -0.39 is 10.8 Å². The zero-order chi connectivity index (χ0) is 26.8. The van der Waals surface area contributed by atoms with E-state index in [1.807, 2.05) is 38.1 Å². The zero-order valence-electron chi connectivity index (χ0n) is 22.2. The number of ketones is 2. The van der Waals surface area contributed by atoms with Gasteiger partial charge >= 0.3 is 0 Å². The van der Waals surface area contributed by atoms with Gasteiger partial charge in [-0.05, 0) is 74.6 Å². The molecule has 1 saturated heterocycles. The molecular formula is C31H28N4O4. The Morgan fingerprint density at radius 2 is 1.51 bits per heavy atom. The van der Waals surface area contributed by atoms with Crippen molar-refractivity contribution in [2.75, 3.05) is 13.1 Å². The molecular weight excluding hydrogens is 492 g/mol. The second kappa shape index (κ2) is 6.27. The van der Waals surface area contributed by atoms with Gasteiger partial charge in [-0.1, -0.05) is 0 Å². The second-order valence-electron chi connectivity index (χ2n) is 13.2. The molecule has 196 valence electrons. The van der Waals surface area contributed by atoms with Crippen LogP contribution in [0.1, 0.15) is 75.8 Å². The van der Waals surface area contributed by atoms with Crippen LogP contribution in [0.3, 0.4) is 0 Å². The lowest BCUT2D eigenvalue weighted by molar-refractivity contribution is -0.219. The normalized spacial score (nSPS) is 34.4. The van der Waals surface area contributed by atoms with Crippen molar-refractivity contribution in [2.24, 2.45) is 16.7 Å². The largest absolute Gasteiger partial charge is 0.358 e. The summed E-state index contributed by atoms with van der Waals surface area (Å²) in [4.78, 5) is 63.6. The monoisotopic (exact) mass is 520 g/mol.